The smallest absolute Gasteiger partial charge is 0.325 e. The van der Waals surface area contributed by atoms with Gasteiger partial charge in [0, 0.05) is 0 Å². The van der Waals surface area contributed by atoms with E-state index in [1.807, 2.05) is 33.8 Å². The fraction of sp³-hybridized carbons (Fsp3) is 0.471. The Morgan fingerprint density at radius 3 is 2.58 bits per heavy atom. The average Bonchev–Trinajstić information content (AvgIpc) is 2.70. The number of hydrogen-bond donors (Lipinski definition) is 2. The van der Waals surface area contributed by atoms with Crippen molar-refractivity contribution in [1.82, 2.24) is 10.2 Å². The van der Waals surface area contributed by atoms with E-state index in [4.69, 9.17) is 11.6 Å². The molecule has 1 heterocycles. The van der Waals surface area contributed by atoms with Gasteiger partial charge in [-0.2, -0.15) is 0 Å². The summed E-state index contributed by atoms with van der Waals surface area (Å²) >= 11 is 6.16. The van der Waals surface area contributed by atoms with Crippen LogP contribution in [0.5, 0.6) is 0 Å². The van der Waals surface area contributed by atoms with E-state index in [2.05, 4.69) is 10.6 Å². The third-order valence-electron chi connectivity index (χ3n) is 3.81. The SMILES string of the molecule is Cc1cc(C)c(NC(=O)CN2C(=O)N[C@H](CC(C)C)C2=O)c(Cl)c1. The Morgan fingerprint density at radius 1 is 1.33 bits per heavy atom. The van der Waals surface area contributed by atoms with Gasteiger partial charge in [0.15, 0.2) is 0 Å². The van der Waals surface area contributed by atoms with Crippen molar-refractivity contribution in [2.45, 2.75) is 40.2 Å². The first-order chi connectivity index (χ1) is 11.2. The standard InChI is InChI=1S/C17H22ClN3O3/c1-9(2)5-13-16(23)21(17(24)19-13)8-14(22)20-15-11(4)6-10(3)7-12(15)18/h6-7,9,13H,5,8H2,1-4H3,(H,19,24)(H,20,22)/t13-/m1/s1. The molecule has 0 unspecified atom stereocenters. The largest absolute Gasteiger partial charge is 0.326 e. The molecule has 24 heavy (non-hydrogen) atoms. The number of urea groups is 1. The first kappa shape index (κ1) is 18.3. The van der Waals surface area contributed by atoms with Crippen LogP contribution in [0.2, 0.25) is 5.02 Å². The molecule has 2 rings (SSSR count). The number of anilines is 1. The van der Waals surface area contributed by atoms with Crippen molar-refractivity contribution in [3.63, 3.8) is 0 Å². The van der Waals surface area contributed by atoms with E-state index < -0.39 is 18.0 Å². The number of amides is 4. The molecule has 1 saturated heterocycles. The molecule has 6 nitrogen and oxygen atoms in total. The zero-order chi connectivity index (χ0) is 18.0. The molecule has 0 saturated carbocycles. The maximum atomic E-state index is 12.3. The molecule has 0 aromatic heterocycles. The molecule has 2 N–H and O–H groups in total. The molecule has 1 atom stereocenters. The third kappa shape index (κ3) is 4.06. The van der Waals surface area contributed by atoms with E-state index in [1.54, 1.807) is 6.07 Å². The lowest BCUT2D eigenvalue weighted by Crippen LogP contribution is -2.38. The second-order valence-corrected chi connectivity index (χ2v) is 6.95. The monoisotopic (exact) mass is 351 g/mol. The molecular weight excluding hydrogens is 330 g/mol. The van der Waals surface area contributed by atoms with Crippen LogP contribution in [0.25, 0.3) is 0 Å². The van der Waals surface area contributed by atoms with Gasteiger partial charge in [-0.3, -0.25) is 14.5 Å². The van der Waals surface area contributed by atoms with Crippen molar-refractivity contribution in [2.24, 2.45) is 5.92 Å². The summed E-state index contributed by atoms with van der Waals surface area (Å²) in [5.74, 6) is -0.560. The van der Waals surface area contributed by atoms with E-state index in [-0.39, 0.29) is 18.4 Å². The lowest BCUT2D eigenvalue weighted by Gasteiger charge is -2.15. The lowest BCUT2D eigenvalue weighted by molar-refractivity contribution is -0.131. The van der Waals surface area contributed by atoms with Crippen molar-refractivity contribution < 1.29 is 14.4 Å². The van der Waals surface area contributed by atoms with Gasteiger partial charge in [0.1, 0.15) is 12.6 Å². The van der Waals surface area contributed by atoms with Gasteiger partial charge >= 0.3 is 6.03 Å². The number of nitrogens with zero attached hydrogens (tertiary/aromatic N) is 1. The minimum atomic E-state index is -0.560. The van der Waals surface area contributed by atoms with Crippen LogP contribution in [0.3, 0.4) is 0 Å². The zero-order valence-electron chi connectivity index (χ0n) is 14.3. The molecule has 0 bridgehead atoms. The van der Waals surface area contributed by atoms with Gasteiger partial charge in [-0.25, -0.2) is 4.79 Å². The summed E-state index contributed by atoms with van der Waals surface area (Å²) < 4.78 is 0. The highest BCUT2D eigenvalue weighted by molar-refractivity contribution is 6.34. The number of benzene rings is 1. The number of aryl methyl sites for hydroxylation is 2. The van der Waals surface area contributed by atoms with Crippen LogP contribution in [0.4, 0.5) is 10.5 Å². The van der Waals surface area contributed by atoms with Gasteiger partial charge in [-0.1, -0.05) is 31.5 Å². The molecule has 1 aromatic carbocycles. The number of rotatable bonds is 5. The van der Waals surface area contributed by atoms with Crippen LogP contribution < -0.4 is 10.6 Å². The van der Waals surface area contributed by atoms with E-state index in [0.29, 0.717) is 17.1 Å². The molecule has 7 heteroatoms. The fourth-order valence-electron chi connectivity index (χ4n) is 2.75. The van der Waals surface area contributed by atoms with Gasteiger partial charge in [-0.15, -0.1) is 0 Å². The van der Waals surface area contributed by atoms with Crippen molar-refractivity contribution in [1.29, 1.82) is 0 Å². The van der Waals surface area contributed by atoms with Gasteiger partial charge < -0.3 is 10.6 Å². The maximum Gasteiger partial charge on any atom is 0.325 e. The highest BCUT2D eigenvalue weighted by atomic mass is 35.5. The highest BCUT2D eigenvalue weighted by Gasteiger charge is 2.39. The summed E-state index contributed by atoms with van der Waals surface area (Å²) in [4.78, 5) is 37.4. The Hall–Kier alpha value is -2.08. The van der Waals surface area contributed by atoms with Crippen molar-refractivity contribution in [2.75, 3.05) is 11.9 Å². The summed E-state index contributed by atoms with van der Waals surface area (Å²) in [7, 11) is 0. The van der Waals surface area contributed by atoms with E-state index in [9.17, 15) is 14.4 Å². The first-order valence-electron chi connectivity index (χ1n) is 7.87. The first-order valence-corrected chi connectivity index (χ1v) is 8.25. The van der Waals surface area contributed by atoms with Crippen molar-refractivity contribution >= 4 is 35.1 Å². The minimum absolute atomic E-state index is 0.266. The number of imide groups is 1. The summed E-state index contributed by atoms with van der Waals surface area (Å²) in [5, 5.41) is 5.73. The lowest BCUT2D eigenvalue weighted by atomic mass is 10.0. The van der Waals surface area contributed by atoms with Crippen LogP contribution in [0.15, 0.2) is 12.1 Å². The Balaban J connectivity index is 2.05. The summed E-state index contributed by atoms with van der Waals surface area (Å²) in [5.41, 5.74) is 2.31. The zero-order valence-corrected chi connectivity index (χ0v) is 15.0. The van der Waals surface area contributed by atoms with Crippen molar-refractivity contribution in [3.05, 3.63) is 28.3 Å². The Labute approximate surface area is 146 Å². The van der Waals surface area contributed by atoms with Gasteiger partial charge in [-0.05, 0) is 43.4 Å². The topological polar surface area (TPSA) is 78.5 Å². The maximum absolute atomic E-state index is 12.3. The quantitative estimate of drug-likeness (QED) is 0.800. The molecule has 4 amide bonds. The molecule has 1 aliphatic heterocycles. The van der Waals surface area contributed by atoms with E-state index in [0.717, 1.165) is 16.0 Å². The Morgan fingerprint density at radius 2 is 2.00 bits per heavy atom. The van der Waals surface area contributed by atoms with E-state index in [1.165, 1.54) is 0 Å². The van der Waals surface area contributed by atoms with Gasteiger partial charge in [0.2, 0.25) is 5.91 Å². The van der Waals surface area contributed by atoms with Crippen LogP contribution in [-0.2, 0) is 9.59 Å². The van der Waals surface area contributed by atoms with Crippen LogP contribution >= 0.6 is 11.6 Å². The predicted molar refractivity (Wildman–Crippen MR) is 93.0 cm³/mol. The third-order valence-corrected chi connectivity index (χ3v) is 4.11. The molecule has 1 aromatic rings. The predicted octanol–water partition coefficient (Wildman–Crippen LogP) is 2.86. The molecule has 0 aliphatic carbocycles. The molecule has 130 valence electrons. The average molecular weight is 352 g/mol. The van der Waals surface area contributed by atoms with Gasteiger partial charge in [0.05, 0.1) is 10.7 Å². The molecule has 1 aliphatic rings. The number of carbonyl (C=O) groups is 3. The summed E-state index contributed by atoms with van der Waals surface area (Å²) in [6, 6.07) is 2.55. The van der Waals surface area contributed by atoms with Crippen LogP contribution in [0, 0.1) is 19.8 Å². The number of halogens is 1. The Bertz CT molecular complexity index is 665. The fourth-order valence-corrected chi connectivity index (χ4v) is 3.12. The Kier molecular flexibility index (Phi) is 5.49. The molecule has 0 spiro atoms. The molecule has 0 radical (unpaired) electrons. The highest BCUT2D eigenvalue weighted by Crippen LogP contribution is 2.27. The van der Waals surface area contributed by atoms with Crippen LogP contribution in [-0.4, -0.2) is 35.3 Å². The van der Waals surface area contributed by atoms with Crippen molar-refractivity contribution in [3.8, 4) is 0 Å². The normalized spacial score (nSPS) is 17.4. The summed E-state index contributed by atoms with van der Waals surface area (Å²) in [6.07, 6.45) is 0.547. The van der Waals surface area contributed by atoms with Crippen LogP contribution in [0.1, 0.15) is 31.4 Å². The number of nitrogens with one attached hydrogen (secondary N) is 2. The summed E-state index contributed by atoms with van der Waals surface area (Å²) in [6.45, 7) is 7.35. The second-order valence-electron chi connectivity index (χ2n) is 6.54. The van der Waals surface area contributed by atoms with E-state index >= 15 is 0 Å². The molecular formula is C17H22ClN3O3. The molecule has 1 fully saturated rings. The minimum Gasteiger partial charge on any atom is -0.326 e. The van der Waals surface area contributed by atoms with Gasteiger partial charge in [0.25, 0.3) is 5.91 Å². The second kappa shape index (κ2) is 7.21. The number of hydrogen-bond acceptors (Lipinski definition) is 3. The number of carbonyl (C=O) groups excluding carboxylic acids is 3.